The van der Waals surface area contributed by atoms with Crippen molar-refractivity contribution in [2.75, 3.05) is 19.6 Å². The molecule has 1 fully saturated rings. The number of carbonyl (C=O) groups excluding carboxylic acids is 1. The number of benzene rings is 1. The molecule has 0 aliphatic carbocycles. The zero-order valence-electron chi connectivity index (χ0n) is 12.0. The third kappa shape index (κ3) is 4.26. The number of nitrogens with two attached hydrogens (primary N) is 1. The second kappa shape index (κ2) is 7.17. The minimum Gasteiger partial charge on any atom is -0.343 e. The first-order valence-corrected chi connectivity index (χ1v) is 7.31. The van der Waals surface area contributed by atoms with E-state index in [1.807, 2.05) is 11.0 Å². The largest absolute Gasteiger partial charge is 0.343 e. The Bertz CT molecular complexity index is 511. The number of piperidine rings is 1. The maximum absolute atomic E-state index is 12.1. The van der Waals surface area contributed by atoms with Gasteiger partial charge in [0.25, 0.3) is 5.69 Å². The molecular formula is C15H21N3O3. The van der Waals surface area contributed by atoms with Crippen LogP contribution in [0.25, 0.3) is 0 Å². The summed E-state index contributed by atoms with van der Waals surface area (Å²) < 4.78 is 0. The lowest BCUT2D eigenvalue weighted by atomic mass is 9.96. The molecule has 0 spiro atoms. The van der Waals surface area contributed by atoms with Crippen molar-refractivity contribution in [1.82, 2.24) is 4.90 Å². The fourth-order valence-corrected chi connectivity index (χ4v) is 2.65. The molecule has 1 amide bonds. The van der Waals surface area contributed by atoms with E-state index in [-0.39, 0.29) is 11.6 Å². The standard InChI is InChI=1S/C15H21N3O3/c16-11-13-6-8-17(9-7-13)15(19)5-4-12-2-1-3-14(10-12)18(20)21/h1-3,10,13H,4-9,11,16H2. The molecule has 1 saturated heterocycles. The summed E-state index contributed by atoms with van der Waals surface area (Å²) in [6.45, 7) is 2.24. The number of nitro benzene ring substituents is 1. The average Bonchev–Trinajstić information content (AvgIpc) is 2.53. The van der Waals surface area contributed by atoms with Gasteiger partial charge < -0.3 is 10.6 Å². The maximum atomic E-state index is 12.1. The highest BCUT2D eigenvalue weighted by Crippen LogP contribution is 2.18. The highest BCUT2D eigenvalue weighted by Gasteiger charge is 2.21. The Morgan fingerprint density at radius 3 is 2.71 bits per heavy atom. The van der Waals surface area contributed by atoms with E-state index in [0.717, 1.165) is 31.5 Å². The fourth-order valence-electron chi connectivity index (χ4n) is 2.65. The monoisotopic (exact) mass is 291 g/mol. The predicted molar refractivity (Wildman–Crippen MR) is 79.8 cm³/mol. The van der Waals surface area contributed by atoms with Crippen LogP contribution >= 0.6 is 0 Å². The molecule has 0 radical (unpaired) electrons. The van der Waals surface area contributed by atoms with Crippen LogP contribution in [0.15, 0.2) is 24.3 Å². The van der Waals surface area contributed by atoms with Crippen LogP contribution in [0.1, 0.15) is 24.8 Å². The number of nitrogens with zero attached hydrogens (tertiary/aromatic N) is 2. The van der Waals surface area contributed by atoms with Crippen LogP contribution in [0.3, 0.4) is 0 Å². The van der Waals surface area contributed by atoms with Gasteiger partial charge in [0, 0.05) is 31.6 Å². The van der Waals surface area contributed by atoms with Gasteiger partial charge in [0.15, 0.2) is 0 Å². The van der Waals surface area contributed by atoms with Gasteiger partial charge in [0.1, 0.15) is 0 Å². The van der Waals surface area contributed by atoms with Crippen molar-refractivity contribution in [1.29, 1.82) is 0 Å². The number of hydrogen-bond acceptors (Lipinski definition) is 4. The summed E-state index contributed by atoms with van der Waals surface area (Å²) >= 11 is 0. The lowest BCUT2D eigenvalue weighted by Gasteiger charge is -2.31. The molecule has 0 atom stereocenters. The highest BCUT2D eigenvalue weighted by molar-refractivity contribution is 5.76. The minimum atomic E-state index is -0.414. The van der Waals surface area contributed by atoms with Gasteiger partial charge in [-0.15, -0.1) is 0 Å². The van der Waals surface area contributed by atoms with E-state index < -0.39 is 4.92 Å². The summed E-state index contributed by atoms with van der Waals surface area (Å²) in [5.74, 6) is 0.655. The molecule has 0 unspecified atom stereocenters. The molecule has 1 aliphatic heterocycles. The number of aryl methyl sites for hydroxylation is 1. The first kappa shape index (κ1) is 15.4. The Balaban J connectivity index is 1.84. The molecule has 6 nitrogen and oxygen atoms in total. The van der Waals surface area contributed by atoms with Crippen molar-refractivity contribution >= 4 is 11.6 Å². The number of nitro groups is 1. The Kier molecular flexibility index (Phi) is 5.27. The Morgan fingerprint density at radius 1 is 1.38 bits per heavy atom. The SMILES string of the molecule is NCC1CCN(C(=O)CCc2cccc([N+](=O)[O-])c2)CC1. The van der Waals surface area contributed by atoms with Crippen LogP contribution in [0, 0.1) is 16.0 Å². The van der Waals surface area contributed by atoms with Crippen LogP contribution in [-0.4, -0.2) is 35.4 Å². The van der Waals surface area contributed by atoms with E-state index in [0.29, 0.717) is 25.3 Å². The third-order valence-corrected chi connectivity index (χ3v) is 4.05. The van der Waals surface area contributed by atoms with E-state index in [9.17, 15) is 14.9 Å². The normalized spacial score (nSPS) is 16.0. The number of hydrogen-bond donors (Lipinski definition) is 1. The van der Waals surface area contributed by atoms with Gasteiger partial charge in [-0.3, -0.25) is 14.9 Å². The second-order valence-corrected chi connectivity index (χ2v) is 5.49. The van der Waals surface area contributed by atoms with E-state index in [2.05, 4.69) is 0 Å². The summed E-state index contributed by atoms with van der Waals surface area (Å²) in [7, 11) is 0. The molecule has 114 valence electrons. The first-order chi connectivity index (χ1) is 10.1. The van der Waals surface area contributed by atoms with Crippen molar-refractivity contribution in [3.05, 3.63) is 39.9 Å². The van der Waals surface area contributed by atoms with Crippen molar-refractivity contribution in [3.63, 3.8) is 0 Å². The average molecular weight is 291 g/mol. The van der Waals surface area contributed by atoms with Crippen LogP contribution < -0.4 is 5.73 Å². The van der Waals surface area contributed by atoms with Crippen molar-refractivity contribution in [2.24, 2.45) is 11.7 Å². The van der Waals surface area contributed by atoms with Gasteiger partial charge in [-0.1, -0.05) is 12.1 Å². The van der Waals surface area contributed by atoms with Crippen LogP contribution in [-0.2, 0) is 11.2 Å². The molecule has 0 aromatic heterocycles. The quantitative estimate of drug-likeness (QED) is 0.660. The van der Waals surface area contributed by atoms with Crippen molar-refractivity contribution < 1.29 is 9.72 Å². The Morgan fingerprint density at radius 2 is 2.10 bits per heavy atom. The molecule has 2 N–H and O–H groups in total. The van der Waals surface area contributed by atoms with E-state index in [1.54, 1.807) is 6.07 Å². The fraction of sp³-hybridized carbons (Fsp3) is 0.533. The molecule has 1 aliphatic rings. The first-order valence-electron chi connectivity index (χ1n) is 7.31. The van der Waals surface area contributed by atoms with Crippen molar-refractivity contribution in [2.45, 2.75) is 25.7 Å². The van der Waals surface area contributed by atoms with Crippen LogP contribution in [0.2, 0.25) is 0 Å². The number of likely N-dealkylation sites (tertiary alicyclic amines) is 1. The lowest BCUT2D eigenvalue weighted by Crippen LogP contribution is -2.40. The van der Waals surface area contributed by atoms with Gasteiger partial charge in [-0.05, 0) is 37.3 Å². The Hall–Kier alpha value is -1.95. The smallest absolute Gasteiger partial charge is 0.269 e. The predicted octanol–water partition coefficient (Wildman–Crippen LogP) is 1.72. The summed E-state index contributed by atoms with van der Waals surface area (Å²) in [6.07, 6.45) is 2.88. The number of amides is 1. The van der Waals surface area contributed by atoms with Crippen LogP contribution in [0.4, 0.5) is 5.69 Å². The summed E-state index contributed by atoms with van der Waals surface area (Å²) in [5, 5.41) is 10.7. The third-order valence-electron chi connectivity index (χ3n) is 4.05. The van der Waals surface area contributed by atoms with E-state index >= 15 is 0 Å². The molecular weight excluding hydrogens is 270 g/mol. The second-order valence-electron chi connectivity index (χ2n) is 5.49. The van der Waals surface area contributed by atoms with Gasteiger partial charge >= 0.3 is 0 Å². The number of carbonyl (C=O) groups is 1. The zero-order chi connectivity index (χ0) is 15.2. The molecule has 1 heterocycles. The topological polar surface area (TPSA) is 89.5 Å². The lowest BCUT2D eigenvalue weighted by molar-refractivity contribution is -0.384. The number of non-ortho nitro benzene ring substituents is 1. The maximum Gasteiger partial charge on any atom is 0.269 e. The summed E-state index contributed by atoms with van der Waals surface area (Å²) in [5.41, 5.74) is 6.54. The summed E-state index contributed by atoms with van der Waals surface area (Å²) in [4.78, 5) is 24.3. The number of rotatable bonds is 5. The minimum absolute atomic E-state index is 0.0729. The molecule has 1 aromatic carbocycles. The Labute approximate surface area is 124 Å². The molecule has 21 heavy (non-hydrogen) atoms. The molecule has 6 heteroatoms. The van der Waals surface area contributed by atoms with Gasteiger partial charge in [0.05, 0.1) is 4.92 Å². The van der Waals surface area contributed by atoms with Gasteiger partial charge in [-0.2, -0.15) is 0 Å². The molecule has 0 saturated carbocycles. The zero-order valence-corrected chi connectivity index (χ0v) is 12.0. The van der Waals surface area contributed by atoms with Crippen LogP contribution in [0.5, 0.6) is 0 Å². The van der Waals surface area contributed by atoms with E-state index in [4.69, 9.17) is 5.73 Å². The molecule has 2 rings (SSSR count). The molecule has 0 bridgehead atoms. The van der Waals surface area contributed by atoms with Gasteiger partial charge in [0.2, 0.25) is 5.91 Å². The van der Waals surface area contributed by atoms with E-state index in [1.165, 1.54) is 12.1 Å². The van der Waals surface area contributed by atoms with Crippen molar-refractivity contribution in [3.8, 4) is 0 Å². The van der Waals surface area contributed by atoms with Gasteiger partial charge in [-0.25, -0.2) is 0 Å². The summed E-state index contributed by atoms with van der Waals surface area (Å²) in [6, 6.07) is 6.47. The highest BCUT2D eigenvalue weighted by atomic mass is 16.6. The molecule has 1 aromatic rings.